The van der Waals surface area contributed by atoms with Crippen molar-refractivity contribution in [3.05, 3.63) is 35.4 Å². The first-order valence-corrected chi connectivity index (χ1v) is 7.62. The van der Waals surface area contributed by atoms with Gasteiger partial charge >= 0.3 is 0 Å². The quantitative estimate of drug-likeness (QED) is 0.480. The normalized spacial score (nSPS) is 42.3. The van der Waals surface area contributed by atoms with Crippen LogP contribution >= 0.6 is 0 Å². The Balaban J connectivity index is 1.74. The van der Waals surface area contributed by atoms with E-state index in [1.807, 2.05) is 0 Å². The van der Waals surface area contributed by atoms with Crippen molar-refractivity contribution in [1.29, 1.82) is 0 Å². The molecule has 23 heavy (non-hydrogen) atoms. The van der Waals surface area contributed by atoms with Crippen LogP contribution in [0.25, 0.3) is 0 Å². The van der Waals surface area contributed by atoms with E-state index in [1.165, 1.54) is 0 Å². The summed E-state index contributed by atoms with van der Waals surface area (Å²) in [7, 11) is 0. The highest BCUT2D eigenvalue weighted by atomic mass is 16.4. The van der Waals surface area contributed by atoms with Gasteiger partial charge in [0.05, 0.1) is 23.3 Å². The highest BCUT2D eigenvalue weighted by Gasteiger charge is 2.61. The van der Waals surface area contributed by atoms with E-state index in [0.29, 0.717) is 6.42 Å². The predicted octanol–water partition coefficient (Wildman–Crippen LogP) is -1.26. The lowest BCUT2D eigenvalue weighted by Gasteiger charge is -2.33. The maximum Gasteiger partial charge on any atom is 0.261 e. The van der Waals surface area contributed by atoms with Crippen molar-refractivity contribution in [2.24, 2.45) is 11.8 Å². The van der Waals surface area contributed by atoms with E-state index in [9.17, 15) is 30.0 Å². The number of benzene rings is 1. The second kappa shape index (κ2) is 4.85. The summed E-state index contributed by atoms with van der Waals surface area (Å²) in [5.41, 5.74) is 0.531. The fourth-order valence-corrected chi connectivity index (χ4v) is 3.96. The smallest absolute Gasteiger partial charge is 0.261 e. The summed E-state index contributed by atoms with van der Waals surface area (Å²) in [5, 5.41) is 40.4. The Hall–Kier alpha value is -1.80. The first-order chi connectivity index (χ1) is 10.9. The van der Waals surface area contributed by atoms with E-state index in [-0.39, 0.29) is 23.0 Å². The molecule has 4 N–H and O–H groups in total. The first kappa shape index (κ1) is 14.8. The minimum Gasteiger partial charge on any atom is -0.390 e. The van der Waals surface area contributed by atoms with Gasteiger partial charge in [0.1, 0.15) is 18.3 Å². The summed E-state index contributed by atoms with van der Waals surface area (Å²) < 4.78 is 0. The lowest BCUT2D eigenvalue weighted by Crippen LogP contribution is -2.54. The van der Waals surface area contributed by atoms with Gasteiger partial charge in [-0.25, -0.2) is 0 Å². The van der Waals surface area contributed by atoms with Crippen molar-refractivity contribution >= 4 is 11.8 Å². The van der Waals surface area contributed by atoms with Crippen molar-refractivity contribution in [2.45, 2.75) is 36.9 Å². The molecular formula is C16H17NO6. The molecule has 0 unspecified atom stereocenters. The molecule has 7 heteroatoms. The summed E-state index contributed by atoms with van der Waals surface area (Å²) in [4.78, 5) is 26.2. The molecule has 122 valence electrons. The van der Waals surface area contributed by atoms with Gasteiger partial charge in [-0.05, 0) is 30.4 Å². The van der Waals surface area contributed by atoms with Crippen molar-refractivity contribution in [3.8, 4) is 0 Å². The average molecular weight is 319 g/mol. The maximum atomic E-state index is 12.6. The molecule has 0 saturated heterocycles. The number of aliphatic hydroxyl groups excluding tert-OH is 4. The molecule has 0 radical (unpaired) electrons. The van der Waals surface area contributed by atoms with E-state index in [1.54, 1.807) is 24.3 Å². The molecule has 7 atom stereocenters. The van der Waals surface area contributed by atoms with Gasteiger partial charge in [-0.3, -0.25) is 14.5 Å². The maximum absolute atomic E-state index is 12.6. The number of amides is 2. The van der Waals surface area contributed by atoms with E-state index in [2.05, 4.69) is 0 Å². The largest absolute Gasteiger partial charge is 0.390 e. The molecule has 2 aliphatic carbocycles. The standard InChI is InChI=1S/C16H17NO6/c18-11-9-5-8(9)10(12(19)14(21)13(11)20)17-15(22)6-3-1-2-4-7(6)16(17)23/h1-4,8-14,18-21H,5H2/t8-,9+,10-,11+,12+,13+,14-/m0/s1. The third-order valence-electron chi connectivity index (χ3n) is 5.29. The third-order valence-corrected chi connectivity index (χ3v) is 5.29. The second-order valence-electron chi connectivity index (χ2n) is 6.54. The number of rotatable bonds is 1. The monoisotopic (exact) mass is 319 g/mol. The van der Waals surface area contributed by atoms with Gasteiger partial charge in [0.25, 0.3) is 11.8 Å². The number of hydrogen-bond acceptors (Lipinski definition) is 6. The van der Waals surface area contributed by atoms with Crippen LogP contribution in [0.1, 0.15) is 27.1 Å². The van der Waals surface area contributed by atoms with Crippen molar-refractivity contribution in [1.82, 2.24) is 4.90 Å². The molecule has 2 fully saturated rings. The summed E-state index contributed by atoms with van der Waals surface area (Å²) in [6, 6.07) is 5.44. The molecule has 7 nitrogen and oxygen atoms in total. The number of hydrogen-bond donors (Lipinski definition) is 4. The summed E-state index contributed by atoms with van der Waals surface area (Å²) in [6.07, 6.45) is -5.31. The third kappa shape index (κ3) is 1.91. The first-order valence-electron chi connectivity index (χ1n) is 7.62. The molecule has 0 aromatic heterocycles. The van der Waals surface area contributed by atoms with Crippen LogP contribution in [0.3, 0.4) is 0 Å². The highest BCUT2D eigenvalue weighted by Crippen LogP contribution is 2.51. The fourth-order valence-electron chi connectivity index (χ4n) is 3.96. The molecular weight excluding hydrogens is 302 g/mol. The Kier molecular flexibility index (Phi) is 3.11. The molecule has 0 spiro atoms. The predicted molar refractivity (Wildman–Crippen MR) is 76.4 cm³/mol. The summed E-state index contributed by atoms with van der Waals surface area (Å²) in [6.45, 7) is 0. The van der Waals surface area contributed by atoms with Crippen molar-refractivity contribution in [2.75, 3.05) is 0 Å². The van der Waals surface area contributed by atoms with Crippen LogP contribution in [-0.2, 0) is 0 Å². The Labute approximate surface area is 131 Å². The van der Waals surface area contributed by atoms with Crippen LogP contribution in [0, 0.1) is 11.8 Å². The Morgan fingerprint density at radius 2 is 1.30 bits per heavy atom. The highest BCUT2D eigenvalue weighted by molar-refractivity contribution is 6.21. The Morgan fingerprint density at radius 1 is 0.783 bits per heavy atom. The molecule has 1 aromatic rings. The van der Waals surface area contributed by atoms with Gasteiger partial charge in [0, 0.05) is 0 Å². The van der Waals surface area contributed by atoms with Gasteiger partial charge in [-0.1, -0.05) is 12.1 Å². The van der Waals surface area contributed by atoms with Crippen LogP contribution < -0.4 is 0 Å². The average Bonchev–Trinajstić information content (AvgIpc) is 3.31. The van der Waals surface area contributed by atoms with Gasteiger partial charge in [0.2, 0.25) is 0 Å². The lowest BCUT2D eigenvalue weighted by atomic mass is 9.98. The van der Waals surface area contributed by atoms with Crippen LogP contribution in [0.4, 0.5) is 0 Å². The zero-order valence-electron chi connectivity index (χ0n) is 12.1. The van der Waals surface area contributed by atoms with Crippen molar-refractivity contribution < 1.29 is 30.0 Å². The molecule has 2 saturated carbocycles. The van der Waals surface area contributed by atoms with E-state index < -0.39 is 42.3 Å². The zero-order chi connectivity index (χ0) is 16.5. The van der Waals surface area contributed by atoms with Crippen LogP contribution in [0.2, 0.25) is 0 Å². The minimum absolute atomic E-state index is 0.265. The molecule has 0 bridgehead atoms. The molecule has 2 amide bonds. The van der Waals surface area contributed by atoms with Gasteiger partial charge in [-0.15, -0.1) is 0 Å². The summed E-state index contributed by atoms with van der Waals surface area (Å²) in [5.74, 6) is -1.70. The summed E-state index contributed by atoms with van der Waals surface area (Å²) >= 11 is 0. The van der Waals surface area contributed by atoms with Gasteiger partial charge < -0.3 is 20.4 Å². The molecule has 4 rings (SSSR count). The number of imide groups is 1. The van der Waals surface area contributed by atoms with E-state index >= 15 is 0 Å². The van der Waals surface area contributed by atoms with Crippen LogP contribution in [0.5, 0.6) is 0 Å². The number of fused-ring (bicyclic) bond motifs is 2. The lowest BCUT2D eigenvalue weighted by molar-refractivity contribution is -0.111. The van der Waals surface area contributed by atoms with Gasteiger partial charge in [0.15, 0.2) is 0 Å². The number of aliphatic hydroxyl groups is 4. The SMILES string of the molecule is O=C1c2ccccc2C(=O)N1[C@@H]1[C@@H](O)[C@H](O)[C@H](O)[C@H](O)[C@@H]2C[C@@H]21. The zero-order valence-corrected chi connectivity index (χ0v) is 12.1. The minimum atomic E-state index is -1.62. The fraction of sp³-hybridized carbons (Fsp3) is 0.500. The number of carbonyl (C=O) groups is 2. The molecule has 3 aliphatic rings. The second-order valence-corrected chi connectivity index (χ2v) is 6.54. The molecule has 1 aromatic carbocycles. The van der Waals surface area contributed by atoms with Gasteiger partial charge in [-0.2, -0.15) is 0 Å². The number of nitrogens with zero attached hydrogens (tertiary/aromatic N) is 1. The molecule has 1 aliphatic heterocycles. The number of carbonyl (C=O) groups excluding carboxylic acids is 2. The van der Waals surface area contributed by atoms with Crippen LogP contribution in [0.15, 0.2) is 24.3 Å². The van der Waals surface area contributed by atoms with E-state index in [4.69, 9.17) is 0 Å². The Bertz CT molecular complexity index is 656. The van der Waals surface area contributed by atoms with E-state index in [0.717, 1.165) is 4.90 Å². The van der Waals surface area contributed by atoms with Crippen LogP contribution in [-0.4, -0.2) is 67.6 Å². The molecule has 1 heterocycles. The Morgan fingerprint density at radius 3 is 1.87 bits per heavy atom. The topological polar surface area (TPSA) is 118 Å². The van der Waals surface area contributed by atoms with Crippen molar-refractivity contribution in [3.63, 3.8) is 0 Å².